The summed E-state index contributed by atoms with van der Waals surface area (Å²) >= 11 is 1.70. The zero-order valence-corrected chi connectivity index (χ0v) is 17.5. The zero-order valence-electron chi connectivity index (χ0n) is 16.6. The monoisotopic (exact) mass is 363 g/mol. The van der Waals surface area contributed by atoms with Gasteiger partial charge in [-0.05, 0) is 66.7 Å². The minimum atomic E-state index is 0.379. The van der Waals surface area contributed by atoms with Crippen LogP contribution in [0.5, 0.6) is 0 Å². The molecule has 0 bridgehead atoms. The summed E-state index contributed by atoms with van der Waals surface area (Å²) in [7, 11) is 0. The highest BCUT2D eigenvalue weighted by atomic mass is 32.2. The molecule has 0 saturated carbocycles. The summed E-state index contributed by atoms with van der Waals surface area (Å²) in [6.07, 6.45) is 5.23. The van der Waals surface area contributed by atoms with Crippen molar-refractivity contribution in [3.8, 4) is 0 Å². The highest BCUT2D eigenvalue weighted by Crippen LogP contribution is 2.37. The van der Waals surface area contributed by atoms with Crippen molar-refractivity contribution in [2.24, 2.45) is 10.4 Å². The third kappa shape index (κ3) is 4.29. The van der Waals surface area contributed by atoms with E-state index in [9.17, 15) is 0 Å². The fourth-order valence-corrected chi connectivity index (χ4v) is 4.39. The Hall–Kier alpha value is -1.80. The molecule has 0 atom stereocenters. The Kier molecular flexibility index (Phi) is 5.43. The minimum absolute atomic E-state index is 0.379. The van der Waals surface area contributed by atoms with Crippen LogP contribution in [-0.4, -0.2) is 11.3 Å². The molecular formula is C24H29NS. The van der Waals surface area contributed by atoms with Gasteiger partial charge in [0.05, 0.1) is 0 Å². The molecular weight excluding hydrogens is 334 g/mol. The lowest BCUT2D eigenvalue weighted by atomic mass is 9.90. The molecule has 136 valence electrons. The molecule has 0 radical (unpaired) electrons. The van der Waals surface area contributed by atoms with Crippen LogP contribution >= 0.6 is 11.8 Å². The third-order valence-electron chi connectivity index (χ3n) is 5.14. The van der Waals surface area contributed by atoms with E-state index in [0.717, 1.165) is 23.6 Å². The predicted octanol–water partition coefficient (Wildman–Crippen LogP) is 6.29. The van der Waals surface area contributed by atoms with Gasteiger partial charge in [-0.2, -0.15) is 0 Å². The van der Waals surface area contributed by atoms with Crippen LogP contribution in [0.3, 0.4) is 0 Å². The first-order valence-electron chi connectivity index (χ1n) is 9.26. The smallest absolute Gasteiger partial charge is 0.103 e. The molecule has 0 unspecified atom stereocenters. The highest BCUT2D eigenvalue weighted by Gasteiger charge is 2.28. The second-order valence-corrected chi connectivity index (χ2v) is 9.09. The molecule has 0 fully saturated rings. The van der Waals surface area contributed by atoms with Crippen molar-refractivity contribution < 1.29 is 0 Å². The minimum Gasteiger partial charge on any atom is -0.246 e. The standard InChI is InChI=1S/C24H29NS/c1-16-7-8-17(2)21(11-16)12-18(3)25-23(26-6)19-9-10-20-14-24(4,5)15-22(20)13-19/h7-11,13H,3,12,14-15H2,1-2,4-6H3. The summed E-state index contributed by atoms with van der Waals surface area (Å²) in [4.78, 5) is 4.88. The molecule has 0 spiro atoms. The van der Waals surface area contributed by atoms with Crippen molar-refractivity contribution in [3.63, 3.8) is 0 Å². The molecule has 2 aromatic rings. The van der Waals surface area contributed by atoms with Crippen LogP contribution in [0.2, 0.25) is 0 Å². The molecule has 0 aliphatic heterocycles. The molecule has 2 aromatic carbocycles. The molecule has 0 aromatic heterocycles. The first-order valence-corrected chi connectivity index (χ1v) is 10.5. The van der Waals surface area contributed by atoms with E-state index < -0.39 is 0 Å². The number of nitrogens with zero attached hydrogens (tertiary/aromatic N) is 1. The molecule has 26 heavy (non-hydrogen) atoms. The van der Waals surface area contributed by atoms with Gasteiger partial charge in [0, 0.05) is 17.7 Å². The average molecular weight is 364 g/mol. The Bertz CT molecular complexity index is 874. The molecule has 1 nitrogen and oxygen atoms in total. The quantitative estimate of drug-likeness (QED) is 0.459. The number of aliphatic imine (C=N–C) groups is 1. The number of aryl methyl sites for hydroxylation is 2. The Morgan fingerprint density at radius 3 is 2.54 bits per heavy atom. The number of allylic oxidation sites excluding steroid dienone is 1. The average Bonchev–Trinajstić information content (AvgIpc) is 2.88. The van der Waals surface area contributed by atoms with E-state index in [0.29, 0.717) is 5.41 Å². The molecule has 0 N–H and O–H groups in total. The summed E-state index contributed by atoms with van der Waals surface area (Å²) in [5.41, 5.74) is 9.40. The summed E-state index contributed by atoms with van der Waals surface area (Å²) < 4.78 is 0. The normalized spacial score (nSPS) is 15.8. The van der Waals surface area contributed by atoms with Crippen LogP contribution in [0.25, 0.3) is 0 Å². The second kappa shape index (κ2) is 7.44. The van der Waals surface area contributed by atoms with Gasteiger partial charge in [0.2, 0.25) is 0 Å². The van der Waals surface area contributed by atoms with Gasteiger partial charge in [-0.15, -0.1) is 11.8 Å². The first-order chi connectivity index (χ1) is 12.3. The Morgan fingerprint density at radius 1 is 1.08 bits per heavy atom. The third-order valence-corrected chi connectivity index (χ3v) is 5.86. The number of fused-ring (bicyclic) bond motifs is 1. The summed E-state index contributed by atoms with van der Waals surface area (Å²) in [5, 5.41) is 1.06. The molecule has 0 heterocycles. The van der Waals surface area contributed by atoms with Crippen molar-refractivity contribution in [1.29, 1.82) is 0 Å². The highest BCUT2D eigenvalue weighted by molar-refractivity contribution is 8.13. The topological polar surface area (TPSA) is 12.4 Å². The van der Waals surface area contributed by atoms with Crippen molar-refractivity contribution in [1.82, 2.24) is 0 Å². The fraction of sp³-hybridized carbons (Fsp3) is 0.375. The van der Waals surface area contributed by atoms with Crippen LogP contribution in [0.4, 0.5) is 0 Å². The number of hydrogen-bond donors (Lipinski definition) is 0. The van der Waals surface area contributed by atoms with Crippen LogP contribution < -0.4 is 0 Å². The van der Waals surface area contributed by atoms with E-state index in [1.54, 1.807) is 11.8 Å². The lowest BCUT2D eigenvalue weighted by Crippen LogP contribution is -2.09. The lowest BCUT2D eigenvalue weighted by molar-refractivity contribution is 0.392. The number of hydrogen-bond acceptors (Lipinski definition) is 2. The zero-order chi connectivity index (χ0) is 18.9. The van der Waals surface area contributed by atoms with Crippen LogP contribution in [0, 0.1) is 19.3 Å². The van der Waals surface area contributed by atoms with Crippen LogP contribution in [0.15, 0.2) is 53.7 Å². The maximum Gasteiger partial charge on any atom is 0.103 e. The molecule has 1 aliphatic rings. The maximum absolute atomic E-state index is 4.88. The Labute approximate surface area is 162 Å². The van der Waals surface area contributed by atoms with Crippen molar-refractivity contribution in [3.05, 3.63) is 82.1 Å². The van der Waals surface area contributed by atoms with Crippen molar-refractivity contribution in [2.45, 2.75) is 47.0 Å². The van der Waals surface area contributed by atoms with Crippen molar-refractivity contribution >= 4 is 16.8 Å². The maximum atomic E-state index is 4.88. The molecule has 1 aliphatic carbocycles. The number of rotatable bonds is 4. The van der Waals surface area contributed by atoms with Crippen LogP contribution in [0.1, 0.15) is 47.2 Å². The second-order valence-electron chi connectivity index (χ2n) is 8.30. The summed E-state index contributed by atoms with van der Waals surface area (Å²) in [6, 6.07) is 13.4. The largest absolute Gasteiger partial charge is 0.246 e. The Balaban J connectivity index is 1.82. The molecule has 2 heteroatoms. The number of thioether (sulfide) groups is 1. The van der Waals surface area contributed by atoms with Gasteiger partial charge in [0.1, 0.15) is 5.04 Å². The fourth-order valence-electron chi connectivity index (χ4n) is 3.81. The van der Waals surface area contributed by atoms with Gasteiger partial charge in [-0.3, -0.25) is 0 Å². The molecule has 0 saturated heterocycles. The Morgan fingerprint density at radius 2 is 1.81 bits per heavy atom. The lowest BCUT2D eigenvalue weighted by Gasteiger charge is -2.14. The van der Waals surface area contributed by atoms with E-state index in [-0.39, 0.29) is 0 Å². The first kappa shape index (κ1) is 19.0. The molecule has 3 rings (SSSR count). The van der Waals surface area contributed by atoms with E-state index in [4.69, 9.17) is 4.99 Å². The van der Waals surface area contributed by atoms with E-state index >= 15 is 0 Å². The van der Waals surface area contributed by atoms with Gasteiger partial charge >= 0.3 is 0 Å². The van der Waals surface area contributed by atoms with E-state index in [1.807, 2.05) is 0 Å². The van der Waals surface area contributed by atoms with Gasteiger partial charge in [-0.1, -0.05) is 56.3 Å². The predicted molar refractivity (Wildman–Crippen MR) is 116 cm³/mol. The van der Waals surface area contributed by atoms with Gasteiger partial charge in [-0.25, -0.2) is 4.99 Å². The molecule has 0 amide bonds. The van der Waals surface area contributed by atoms with Gasteiger partial charge < -0.3 is 0 Å². The van der Waals surface area contributed by atoms with Gasteiger partial charge in [0.25, 0.3) is 0 Å². The summed E-state index contributed by atoms with van der Waals surface area (Å²) in [5.74, 6) is 0. The summed E-state index contributed by atoms with van der Waals surface area (Å²) in [6.45, 7) is 13.2. The van der Waals surface area contributed by atoms with Crippen molar-refractivity contribution in [2.75, 3.05) is 6.26 Å². The van der Waals surface area contributed by atoms with E-state index in [1.165, 1.54) is 39.8 Å². The SMILES string of the molecule is C=C(Cc1cc(C)ccc1C)N=C(SC)c1ccc2c(c1)CC(C)(C)C2. The van der Waals surface area contributed by atoms with Gasteiger partial charge in [0.15, 0.2) is 0 Å². The van der Waals surface area contributed by atoms with E-state index in [2.05, 4.69) is 76.9 Å². The van der Waals surface area contributed by atoms with Crippen LogP contribution in [-0.2, 0) is 19.3 Å². The number of benzene rings is 2.